The van der Waals surface area contributed by atoms with Crippen LogP contribution in [0.3, 0.4) is 0 Å². The van der Waals surface area contributed by atoms with Crippen molar-refractivity contribution in [1.29, 1.82) is 0 Å². The molecule has 2 aromatic heterocycles. The van der Waals surface area contributed by atoms with E-state index in [9.17, 15) is 51.9 Å². The highest BCUT2D eigenvalue weighted by atomic mass is 32.2. The first kappa shape index (κ1) is 42.7. The summed E-state index contributed by atoms with van der Waals surface area (Å²) >= 11 is 0. The van der Waals surface area contributed by atoms with Gasteiger partial charge >= 0.3 is 0 Å². The van der Waals surface area contributed by atoms with Crippen molar-refractivity contribution in [2.24, 2.45) is 0 Å². The van der Waals surface area contributed by atoms with Crippen molar-refractivity contribution in [2.45, 2.75) is 19.6 Å². The number of rotatable bonds is 14. The highest BCUT2D eigenvalue weighted by molar-refractivity contribution is 7.86. The molecule has 28 heteroatoms. The van der Waals surface area contributed by atoms with Crippen LogP contribution in [0.15, 0.2) is 105 Å². The van der Waals surface area contributed by atoms with Gasteiger partial charge in [-0.25, -0.2) is 0 Å². The van der Waals surface area contributed by atoms with E-state index in [1.807, 2.05) is 0 Å². The molecule has 0 spiro atoms. The van der Waals surface area contributed by atoms with Gasteiger partial charge in [0.25, 0.3) is 40.5 Å². The van der Waals surface area contributed by atoms with E-state index in [4.69, 9.17) is 11.5 Å². The average Bonchev–Trinajstić information content (AvgIpc) is 3.13. The quantitative estimate of drug-likeness (QED) is 0.0553. The number of aromatic nitrogens is 6. The van der Waals surface area contributed by atoms with Crippen molar-refractivity contribution >= 4 is 111 Å². The Balaban J connectivity index is 1.22. The summed E-state index contributed by atoms with van der Waals surface area (Å²) in [5, 5.41) is 11.0. The van der Waals surface area contributed by atoms with Gasteiger partial charge in [-0.05, 0) is 83.9 Å². The van der Waals surface area contributed by atoms with Crippen molar-refractivity contribution in [3.63, 3.8) is 0 Å². The molecule has 0 aliphatic carbocycles. The van der Waals surface area contributed by atoms with Gasteiger partial charge in [-0.3, -0.25) is 18.2 Å². The fraction of sp³-hybridized carbons (Fsp3) is 0. The molecular formula is C32H28N12O12S4. The summed E-state index contributed by atoms with van der Waals surface area (Å²) in [6.45, 7) is 0. The first-order valence-corrected chi connectivity index (χ1v) is 21.9. The number of nitrogen functional groups attached to an aromatic ring is 2. The number of nitrogens with one attached hydrogen (secondary N) is 4. The highest BCUT2D eigenvalue weighted by Gasteiger charge is 2.19. The van der Waals surface area contributed by atoms with Crippen LogP contribution in [0.25, 0.3) is 12.2 Å². The van der Waals surface area contributed by atoms with Gasteiger partial charge in [0.2, 0.25) is 35.7 Å². The van der Waals surface area contributed by atoms with Crippen LogP contribution in [0.5, 0.6) is 0 Å². The van der Waals surface area contributed by atoms with E-state index >= 15 is 0 Å². The number of benzene rings is 4. The van der Waals surface area contributed by atoms with Crippen molar-refractivity contribution in [2.75, 3.05) is 32.7 Å². The van der Waals surface area contributed by atoms with Crippen LogP contribution in [0, 0.1) is 0 Å². The Morgan fingerprint density at radius 2 is 0.683 bits per heavy atom. The minimum absolute atomic E-state index is 0.0373. The lowest BCUT2D eigenvalue weighted by molar-refractivity contribution is 0.480. The molecule has 0 radical (unpaired) electrons. The lowest BCUT2D eigenvalue weighted by Crippen LogP contribution is -2.08. The SMILES string of the molecule is Nc1nc(Nc2ccc(S(=O)(=O)O)cc2)nc(Nc2ccc(C=Cc3ccc(Nc4nc(N)nc(Nc5ccc(S(=O)(=O)O)cc5)n4)cc3S(=O)(=O)O)c(S(=O)(=O)O)c2)n1. The normalized spacial score (nSPS) is 12.3. The molecule has 24 nitrogen and oxygen atoms in total. The van der Waals surface area contributed by atoms with Crippen LogP contribution < -0.4 is 32.7 Å². The first-order chi connectivity index (χ1) is 28.0. The molecule has 6 aromatic rings. The Kier molecular flexibility index (Phi) is 11.7. The van der Waals surface area contributed by atoms with Gasteiger partial charge in [-0.2, -0.15) is 63.6 Å². The molecule has 60 heavy (non-hydrogen) atoms. The standard InChI is InChI=1S/C32H28N12O12S4/c33-27-39-29(35-19-7-11-23(12-8-19)57(45,46)47)43-31(41-27)37-21-5-3-17(25(15-21)59(51,52)53)1-2-18-4-6-22(16-26(18)60(54,55)56)38-32-42-28(34)40-30(44-32)36-20-9-13-24(14-10-20)58(48,49)50/h1-16H,(H,45,46,47)(H,48,49,50)(H,51,52,53)(H,54,55,56)(H4,33,35,37,39,41,43)(H4,34,36,38,40,42,44). The Hall–Kier alpha value is -6.92. The molecule has 0 atom stereocenters. The predicted octanol–water partition coefficient (Wildman–Crippen LogP) is 3.35. The minimum atomic E-state index is -4.93. The van der Waals surface area contributed by atoms with Gasteiger partial charge in [0.05, 0.1) is 9.79 Å². The minimum Gasteiger partial charge on any atom is -0.368 e. The Labute approximate surface area is 339 Å². The fourth-order valence-electron chi connectivity index (χ4n) is 5.07. The maximum atomic E-state index is 12.5. The second-order valence-corrected chi connectivity index (χ2v) is 17.6. The van der Waals surface area contributed by atoms with E-state index in [-0.39, 0.29) is 68.0 Å². The molecular weight excluding hydrogens is 873 g/mol. The second kappa shape index (κ2) is 16.4. The van der Waals surface area contributed by atoms with E-state index in [1.165, 1.54) is 48.5 Å². The zero-order chi connectivity index (χ0) is 43.6. The fourth-order valence-corrected chi connectivity index (χ4v) is 7.45. The van der Waals surface area contributed by atoms with Crippen LogP contribution in [0.1, 0.15) is 11.1 Å². The summed E-state index contributed by atoms with van der Waals surface area (Å²) in [5.41, 5.74) is 12.1. The van der Waals surface area contributed by atoms with Crippen molar-refractivity contribution in [3.05, 3.63) is 96.1 Å². The number of hydrogen-bond acceptors (Lipinski definition) is 20. The Morgan fingerprint density at radius 3 is 0.967 bits per heavy atom. The van der Waals surface area contributed by atoms with E-state index < -0.39 is 50.3 Å². The summed E-state index contributed by atoms with van der Waals surface area (Å²) in [7, 11) is -18.7. The lowest BCUT2D eigenvalue weighted by atomic mass is 10.1. The average molecular weight is 901 g/mol. The summed E-state index contributed by atoms with van der Waals surface area (Å²) in [6.07, 6.45) is 2.32. The third-order valence-corrected chi connectivity index (χ3v) is 11.2. The summed E-state index contributed by atoms with van der Waals surface area (Å²) < 4.78 is 134. The van der Waals surface area contributed by atoms with Crippen LogP contribution in [-0.4, -0.2) is 81.8 Å². The van der Waals surface area contributed by atoms with Gasteiger partial charge in [0, 0.05) is 22.7 Å². The maximum absolute atomic E-state index is 12.5. The van der Waals surface area contributed by atoms with Crippen LogP contribution in [0.2, 0.25) is 0 Å². The Bertz CT molecular complexity index is 2910. The molecule has 0 aliphatic heterocycles. The molecule has 0 unspecified atom stereocenters. The molecule has 0 amide bonds. The monoisotopic (exact) mass is 900 g/mol. The smallest absolute Gasteiger partial charge is 0.295 e. The predicted molar refractivity (Wildman–Crippen MR) is 216 cm³/mol. The van der Waals surface area contributed by atoms with E-state index in [0.717, 1.165) is 48.6 Å². The molecule has 2 heterocycles. The van der Waals surface area contributed by atoms with Crippen LogP contribution in [0.4, 0.5) is 58.4 Å². The number of nitrogens with zero attached hydrogens (tertiary/aromatic N) is 6. The Morgan fingerprint density at radius 1 is 0.400 bits per heavy atom. The van der Waals surface area contributed by atoms with Gasteiger partial charge < -0.3 is 32.7 Å². The van der Waals surface area contributed by atoms with Gasteiger partial charge in [-0.15, -0.1) is 0 Å². The van der Waals surface area contributed by atoms with Gasteiger partial charge in [0.1, 0.15) is 9.79 Å². The third kappa shape index (κ3) is 11.0. The van der Waals surface area contributed by atoms with Crippen LogP contribution in [-0.2, 0) is 40.5 Å². The number of nitrogens with two attached hydrogens (primary N) is 2. The molecule has 12 N–H and O–H groups in total. The molecule has 312 valence electrons. The van der Waals surface area contributed by atoms with Crippen LogP contribution >= 0.6 is 0 Å². The summed E-state index contributed by atoms with van der Waals surface area (Å²) in [6, 6.07) is 17.0. The van der Waals surface area contributed by atoms with Crippen molar-refractivity contribution in [3.8, 4) is 0 Å². The number of anilines is 10. The van der Waals surface area contributed by atoms with Crippen molar-refractivity contribution < 1.29 is 51.9 Å². The summed E-state index contributed by atoms with van der Waals surface area (Å²) in [4.78, 5) is 22.1. The van der Waals surface area contributed by atoms with E-state index in [0.29, 0.717) is 11.4 Å². The molecule has 0 bridgehead atoms. The summed E-state index contributed by atoms with van der Waals surface area (Å²) in [5.74, 6) is -1.15. The molecule has 4 aromatic carbocycles. The highest BCUT2D eigenvalue weighted by Crippen LogP contribution is 2.29. The van der Waals surface area contributed by atoms with Crippen molar-refractivity contribution in [1.82, 2.24) is 29.9 Å². The molecule has 6 rings (SSSR count). The zero-order valence-electron chi connectivity index (χ0n) is 29.8. The third-order valence-electron chi connectivity index (χ3n) is 7.66. The van der Waals surface area contributed by atoms with Gasteiger partial charge in [-0.1, -0.05) is 24.3 Å². The van der Waals surface area contributed by atoms with E-state index in [2.05, 4.69) is 51.2 Å². The maximum Gasteiger partial charge on any atom is 0.295 e. The molecule has 0 aliphatic rings. The topological polar surface area (TPSA) is 395 Å². The second-order valence-electron chi connectivity index (χ2n) is 12.0. The molecule has 0 fully saturated rings. The zero-order valence-corrected chi connectivity index (χ0v) is 33.0. The van der Waals surface area contributed by atoms with Gasteiger partial charge in [0.15, 0.2) is 0 Å². The first-order valence-electron chi connectivity index (χ1n) is 16.2. The van der Waals surface area contributed by atoms with E-state index in [1.54, 1.807) is 0 Å². The largest absolute Gasteiger partial charge is 0.368 e. The molecule has 0 saturated heterocycles. The lowest BCUT2D eigenvalue weighted by Gasteiger charge is -2.12. The molecule has 0 saturated carbocycles. The number of hydrogen-bond donors (Lipinski definition) is 10.